The molecule has 78 valence electrons. The lowest BCUT2D eigenvalue weighted by molar-refractivity contribution is 0.102. The van der Waals surface area contributed by atoms with Gasteiger partial charge in [0.15, 0.2) is 0 Å². The van der Waals surface area contributed by atoms with E-state index in [1.165, 1.54) is 12.1 Å². The van der Waals surface area contributed by atoms with E-state index in [-0.39, 0.29) is 6.10 Å². The van der Waals surface area contributed by atoms with Crippen molar-refractivity contribution in [3.63, 3.8) is 0 Å². The van der Waals surface area contributed by atoms with Crippen LogP contribution in [0.2, 0.25) is 0 Å². The molecular formula is C11H18N2O. The van der Waals surface area contributed by atoms with Gasteiger partial charge in [0.1, 0.15) is 0 Å². The van der Waals surface area contributed by atoms with Gasteiger partial charge in [0.25, 0.3) is 0 Å². The van der Waals surface area contributed by atoms with Crippen LogP contribution >= 0.6 is 0 Å². The van der Waals surface area contributed by atoms with Gasteiger partial charge < -0.3 is 5.11 Å². The van der Waals surface area contributed by atoms with Crippen molar-refractivity contribution < 1.29 is 5.11 Å². The SMILES string of the molecule is CCn1nccc1[C@H]1CCCCC1O. The molecule has 0 aromatic carbocycles. The standard InChI is InChI=1S/C11H18N2O/c1-2-13-10(7-8-12-13)9-5-3-4-6-11(9)14/h7-9,11,14H,2-6H2,1H3/t9-,11?/m1/s1. The van der Waals surface area contributed by atoms with Crippen LogP contribution in [0.25, 0.3) is 0 Å². The molecule has 0 amide bonds. The molecule has 0 radical (unpaired) electrons. The first-order valence-corrected chi connectivity index (χ1v) is 5.52. The molecule has 0 saturated heterocycles. The van der Waals surface area contributed by atoms with E-state index in [1.54, 1.807) is 0 Å². The van der Waals surface area contributed by atoms with Crippen molar-refractivity contribution >= 4 is 0 Å². The summed E-state index contributed by atoms with van der Waals surface area (Å²) in [6.45, 7) is 2.98. The van der Waals surface area contributed by atoms with E-state index in [4.69, 9.17) is 0 Å². The third-order valence-corrected chi connectivity index (χ3v) is 3.16. The first-order chi connectivity index (χ1) is 6.83. The van der Waals surface area contributed by atoms with E-state index in [1.807, 2.05) is 16.9 Å². The van der Waals surface area contributed by atoms with Gasteiger partial charge in [-0.15, -0.1) is 0 Å². The fourth-order valence-corrected chi connectivity index (χ4v) is 2.38. The van der Waals surface area contributed by atoms with E-state index in [0.29, 0.717) is 5.92 Å². The molecule has 3 heteroatoms. The lowest BCUT2D eigenvalue weighted by Crippen LogP contribution is -2.24. The van der Waals surface area contributed by atoms with Crippen LogP contribution in [0.15, 0.2) is 12.3 Å². The fraction of sp³-hybridized carbons (Fsp3) is 0.727. The Balaban J connectivity index is 2.20. The van der Waals surface area contributed by atoms with Gasteiger partial charge in [0.2, 0.25) is 0 Å². The average molecular weight is 194 g/mol. The van der Waals surface area contributed by atoms with Crippen molar-refractivity contribution in [2.24, 2.45) is 0 Å². The topological polar surface area (TPSA) is 38.0 Å². The van der Waals surface area contributed by atoms with Crippen molar-refractivity contribution in [1.82, 2.24) is 9.78 Å². The second-order valence-corrected chi connectivity index (χ2v) is 4.03. The van der Waals surface area contributed by atoms with Gasteiger partial charge in [0.05, 0.1) is 6.10 Å². The Kier molecular flexibility index (Phi) is 2.87. The van der Waals surface area contributed by atoms with Gasteiger partial charge in [-0.05, 0) is 25.8 Å². The molecule has 2 atom stereocenters. The maximum Gasteiger partial charge on any atom is 0.0623 e. The molecule has 1 saturated carbocycles. The highest BCUT2D eigenvalue weighted by Crippen LogP contribution is 2.32. The highest BCUT2D eigenvalue weighted by molar-refractivity contribution is 5.11. The number of aliphatic hydroxyl groups excluding tert-OH is 1. The first kappa shape index (κ1) is 9.71. The monoisotopic (exact) mass is 194 g/mol. The fourth-order valence-electron chi connectivity index (χ4n) is 2.38. The Labute approximate surface area is 84.7 Å². The van der Waals surface area contributed by atoms with E-state index in [0.717, 1.165) is 25.8 Å². The molecule has 1 aliphatic rings. The quantitative estimate of drug-likeness (QED) is 0.781. The summed E-state index contributed by atoms with van der Waals surface area (Å²) >= 11 is 0. The Morgan fingerprint density at radius 3 is 3.00 bits per heavy atom. The lowest BCUT2D eigenvalue weighted by Gasteiger charge is -2.27. The third-order valence-electron chi connectivity index (χ3n) is 3.16. The summed E-state index contributed by atoms with van der Waals surface area (Å²) in [4.78, 5) is 0. The van der Waals surface area contributed by atoms with Crippen molar-refractivity contribution in [3.05, 3.63) is 18.0 Å². The number of hydrogen-bond donors (Lipinski definition) is 1. The number of aromatic nitrogens is 2. The summed E-state index contributed by atoms with van der Waals surface area (Å²) in [5.74, 6) is 0.311. The van der Waals surface area contributed by atoms with Crippen LogP contribution in [0.5, 0.6) is 0 Å². The molecule has 14 heavy (non-hydrogen) atoms. The van der Waals surface area contributed by atoms with Gasteiger partial charge in [0, 0.05) is 24.4 Å². The maximum atomic E-state index is 9.92. The van der Waals surface area contributed by atoms with Crippen LogP contribution in [0, 0.1) is 0 Å². The summed E-state index contributed by atoms with van der Waals surface area (Å²) in [6, 6.07) is 2.04. The molecule has 1 aromatic rings. The summed E-state index contributed by atoms with van der Waals surface area (Å²) in [7, 11) is 0. The number of hydrogen-bond acceptors (Lipinski definition) is 2. The van der Waals surface area contributed by atoms with Crippen LogP contribution < -0.4 is 0 Å². The highest BCUT2D eigenvalue weighted by Gasteiger charge is 2.26. The molecule has 1 fully saturated rings. The van der Waals surface area contributed by atoms with Crippen molar-refractivity contribution in [3.8, 4) is 0 Å². The third kappa shape index (κ3) is 1.69. The molecule has 1 aliphatic carbocycles. The van der Waals surface area contributed by atoms with E-state index in [9.17, 15) is 5.11 Å². The second-order valence-electron chi connectivity index (χ2n) is 4.03. The van der Waals surface area contributed by atoms with Crippen molar-refractivity contribution in [2.75, 3.05) is 0 Å². The zero-order valence-electron chi connectivity index (χ0n) is 8.69. The van der Waals surface area contributed by atoms with Gasteiger partial charge in [-0.1, -0.05) is 12.8 Å². The molecule has 3 nitrogen and oxygen atoms in total. The molecule has 1 N–H and O–H groups in total. The summed E-state index contributed by atoms with van der Waals surface area (Å²) in [5, 5.41) is 14.2. The zero-order valence-corrected chi connectivity index (χ0v) is 8.69. The van der Waals surface area contributed by atoms with Gasteiger partial charge >= 0.3 is 0 Å². The normalized spacial score (nSPS) is 27.9. The highest BCUT2D eigenvalue weighted by atomic mass is 16.3. The van der Waals surface area contributed by atoms with E-state index < -0.39 is 0 Å². The average Bonchev–Trinajstić information content (AvgIpc) is 2.66. The molecular weight excluding hydrogens is 176 g/mol. The van der Waals surface area contributed by atoms with E-state index >= 15 is 0 Å². The number of aryl methyl sites for hydroxylation is 1. The van der Waals surface area contributed by atoms with E-state index in [2.05, 4.69) is 12.0 Å². The molecule has 1 aromatic heterocycles. The molecule has 1 unspecified atom stereocenters. The minimum Gasteiger partial charge on any atom is -0.392 e. The molecule has 0 spiro atoms. The predicted molar refractivity (Wildman–Crippen MR) is 55.1 cm³/mol. The summed E-state index contributed by atoms with van der Waals surface area (Å²) in [5.41, 5.74) is 1.21. The minimum atomic E-state index is -0.161. The van der Waals surface area contributed by atoms with Crippen LogP contribution in [0.3, 0.4) is 0 Å². The summed E-state index contributed by atoms with van der Waals surface area (Å²) in [6.07, 6.45) is 6.12. The van der Waals surface area contributed by atoms with Crippen LogP contribution in [0.1, 0.15) is 44.2 Å². The number of nitrogens with zero attached hydrogens (tertiary/aromatic N) is 2. The second kappa shape index (κ2) is 4.13. The first-order valence-electron chi connectivity index (χ1n) is 5.52. The zero-order chi connectivity index (χ0) is 9.97. The minimum absolute atomic E-state index is 0.161. The molecule has 1 heterocycles. The van der Waals surface area contributed by atoms with Gasteiger partial charge in [-0.25, -0.2) is 0 Å². The Morgan fingerprint density at radius 1 is 1.50 bits per heavy atom. The molecule has 0 aliphatic heterocycles. The number of aliphatic hydroxyl groups is 1. The summed E-state index contributed by atoms with van der Waals surface area (Å²) < 4.78 is 2.00. The number of rotatable bonds is 2. The van der Waals surface area contributed by atoms with Gasteiger partial charge in [-0.2, -0.15) is 5.10 Å². The van der Waals surface area contributed by atoms with Crippen LogP contribution in [0.4, 0.5) is 0 Å². The Hall–Kier alpha value is -0.830. The Bertz CT molecular complexity index is 295. The predicted octanol–water partition coefficient (Wildman–Crippen LogP) is 1.92. The van der Waals surface area contributed by atoms with Gasteiger partial charge in [-0.3, -0.25) is 4.68 Å². The van der Waals surface area contributed by atoms with Crippen LogP contribution in [-0.4, -0.2) is 21.0 Å². The largest absolute Gasteiger partial charge is 0.392 e. The Morgan fingerprint density at radius 2 is 2.29 bits per heavy atom. The molecule has 0 bridgehead atoms. The van der Waals surface area contributed by atoms with Crippen LogP contribution in [-0.2, 0) is 6.54 Å². The van der Waals surface area contributed by atoms with Crippen molar-refractivity contribution in [1.29, 1.82) is 0 Å². The maximum absolute atomic E-state index is 9.92. The molecule has 2 rings (SSSR count). The lowest BCUT2D eigenvalue weighted by atomic mass is 9.84. The smallest absolute Gasteiger partial charge is 0.0623 e. The van der Waals surface area contributed by atoms with Crippen molar-refractivity contribution in [2.45, 2.75) is 51.2 Å².